The van der Waals surface area contributed by atoms with E-state index in [9.17, 15) is 14.0 Å². The number of benzene rings is 3. The fraction of sp³-hybridized carbons (Fsp3) is 0.355. The molecule has 0 radical (unpaired) electrons. The molecular weight excluding hydrogens is 501 g/mol. The summed E-state index contributed by atoms with van der Waals surface area (Å²) in [6.07, 6.45) is 2.86. The number of halogens is 2. The molecule has 198 valence electrons. The van der Waals surface area contributed by atoms with Crippen LogP contribution in [0.25, 0.3) is 0 Å². The maximum Gasteiger partial charge on any atom is 0.230 e. The third-order valence-electron chi connectivity index (χ3n) is 7.30. The van der Waals surface area contributed by atoms with Crippen molar-refractivity contribution in [2.75, 3.05) is 31.1 Å². The van der Waals surface area contributed by atoms with Crippen molar-refractivity contribution in [2.45, 2.75) is 38.8 Å². The fourth-order valence-corrected chi connectivity index (χ4v) is 5.20. The lowest BCUT2D eigenvalue weighted by Gasteiger charge is -2.28. The summed E-state index contributed by atoms with van der Waals surface area (Å²) in [6.45, 7) is 3.82. The number of nitrogens with zero attached hydrogens (tertiary/aromatic N) is 3. The van der Waals surface area contributed by atoms with Crippen molar-refractivity contribution >= 4 is 29.1 Å². The van der Waals surface area contributed by atoms with Crippen LogP contribution in [0.4, 0.5) is 10.1 Å². The predicted octanol–water partition coefficient (Wildman–Crippen LogP) is 5.70. The number of hydrogen-bond donors (Lipinski definition) is 0. The summed E-state index contributed by atoms with van der Waals surface area (Å²) in [6, 6.07) is 22.0. The van der Waals surface area contributed by atoms with Crippen molar-refractivity contribution in [3.05, 3.63) is 100 Å². The van der Waals surface area contributed by atoms with Crippen LogP contribution in [-0.4, -0.2) is 47.8 Å². The Morgan fingerprint density at radius 3 is 2.37 bits per heavy atom. The minimum atomic E-state index is -0.320. The Bertz CT molecular complexity index is 1260. The number of anilines is 1. The SMILES string of the molecule is O=C(Cc1ccc(F)cc1)N1CCN(Cc2ccccc2)CCCN(C(=O)C2CC2)c2cc(Cl)ccc2C1. The lowest BCUT2D eigenvalue weighted by molar-refractivity contribution is -0.131. The first-order valence-corrected chi connectivity index (χ1v) is 13.7. The van der Waals surface area contributed by atoms with Crippen LogP contribution >= 0.6 is 11.6 Å². The summed E-state index contributed by atoms with van der Waals surface area (Å²) in [4.78, 5) is 33.1. The molecule has 3 aromatic rings. The molecule has 2 amide bonds. The minimum absolute atomic E-state index is 0.0310. The van der Waals surface area contributed by atoms with Crippen LogP contribution in [-0.2, 0) is 29.1 Å². The monoisotopic (exact) mass is 533 g/mol. The van der Waals surface area contributed by atoms with Gasteiger partial charge in [0.2, 0.25) is 11.8 Å². The zero-order valence-corrected chi connectivity index (χ0v) is 22.2. The Kier molecular flexibility index (Phi) is 8.40. The van der Waals surface area contributed by atoms with Crippen LogP contribution in [0.1, 0.15) is 36.0 Å². The highest BCUT2D eigenvalue weighted by Crippen LogP contribution is 2.35. The van der Waals surface area contributed by atoms with E-state index < -0.39 is 0 Å². The molecular formula is C31H33ClFN3O2. The van der Waals surface area contributed by atoms with Gasteiger partial charge in [0.1, 0.15) is 5.82 Å². The molecule has 0 atom stereocenters. The summed E-state index contributed by atoms with van der Waals surface area (Å²) in [7, 11) is 0. The Hall–Kier alpha value is -3.22. The smallest absolute Gasteiger partial charge is 0.230 e. The number of fused-ring (bicyclic) bond motifs is 1. The normalized spacial score (nSPS) is 17.0. The highest BCUT2D eigenvalue weighted by molar-refractivity contribution is 6.31. The molecule has 0 spiro atoms. The molecule has 1 fully saturated rings. The van der Waals surface area contributed by atoms with Gasteiger partial charge in [0.25, 0.3) is 0 Å². The van der Waals surface area contributed by atoms with Gasteiger partial charge in [-0.15, -0.1) is 0 Å². The van der Waals surface area contributed by atoms with Crippen LogP contribution in [0.3, 0.4) is 0 Å². The maximum atomic E-state index is 13.6. The van der Waals surface area contributed by atoms with Crippen LogP contribution in [0, 0.1) is 11.7 Å². The van der Waals surface area contributed by atoms with Gasteiger partial charge in [0.15, 0.2) is 0 Å². The highest BCUT2D eigenvalue weighted by atomic mass is 35.5. The van der Waals surface area contributed by atoms with Gasteiger partial charge in [-0.1, -0.05) is 60.1 Å². The summed E-state index contributed by atoms with van der Waals surface area (Å²) in [5.74, 6) is -0.133. The standard InChI is InChI=1S/C31H33ClFN3O2/c32-27-12-11-26-22-35(30(37)19-23-7-13-28(33)14-8-23)18-17-34(21-24-5-2-1-3-6-24)15-4-16-36(29(26)20-27)31(38)25-9-10-25/h1-3,5-8,11-14,20,25H,4,9-10,15-19,21-22H2. The van der Waals surface area contributed by atoms with Gasteiger partial charge in [-0.2, -0.15) is 0 Å². The summed E-state index contributed by atoms with van der Waals surface area (Å²) in [5, 5.41) is 0.571. The topological polar surface area (TPSA) is 43.9 Å². The molecule has 5 nitrogen and oxygen atoms in total. The molecule has 2 aliphatic rings. The van der Waals surface area contributed by atoms with Crippen LogP contribution in [0.15, 0.2) is 72.8 Å². The van der Waals surface area contributed by atoms with E-state index in [-0.39, 0.29) is 30.0 Å². The van der Waals surface area contributed by atoms with E-state index in [0.29, 0.717) is 31.2 Å². The highest BCUT2D eigenvalue weighted by Gasteiger charge is 2.35. The van der Waals surface area contributed by atoms with Gasteiger partial charge in [0, 0.05) is 50.2 Å². The quantitative estimate of drug-likeness (QED) is 0.422. The number of carbonyl (C=O) groups is 2. The molecule has 1 aliphatic heterocycles. The molecule has 0 saturated heterocycles. The average Bonchev–Trinajstić information content (AvgIpc) is 3.76. The number of amides is 2. The van der Waals surface area contributed by atoms with Crippen molar-refractivity contribution in [3.8, 4) is 0 Å². The average molecular weight is 534 g/mol. The van der Waals surface area contributed by atoms with Gasteiger partial charge >= 0.3 is 0 Å². The maximum absolute atomic E-state index is 13.6. The predicted molar refractivity (Wildman–Crippen MR) is 148 cm³/mol. The molecule has 0 unspecified atom stereocenters. The van der Waals surface area contributed by atoms with Gasteiger partial charge in [-0.25, -0.2) is 4.39 Å². The molecule has 1 heterocycles. The van der Waals surface area contributed by atoms with E-state index in [4.69, 9.17) is 11.6 Å². The van der Waals surface area contributed by atoms with E-state index in [2.05, 4.69) is 17.0 Å². The molecule has 0 bridgehead atoms. The zero-order chi connectivity index (χ0) is 26.5. The van der Waals surface area contributed by atoms with Crippen molar-refractivity contribution < 1.29 is 14.0 Å². The number of rotatable bonds is 5. The summed E-state index contributed by atoms with van der Waals surface area (Å²) >= 11 is 6.42. The molecule has 5 rings (SSSR count). The molecule has 1 saturated carbocycles. The molecule has 0 N–H and O–H groups in total. The van der Waals surface area contributed by atoms with Crippen molar-refractivity contribution in [2.24, 2.45) is 5.92 Å². The molecule has 38 heavy (non-hydrogen) atoms. The van der Waals surface area contributed by atoms with Gasteiger partial charge in [0.05, 0.1) is 12.1 Å². The first-order valence-electron chi connectivity index (χ1n) is 13.3. The minimum Gasteiger partial charge on any atom is -0.337 e. The lowest BCUT2D eigenvalue weighted by Crippen LogP contribution is -2.39. The van der Waals surface area contributed by atoms with Crippen LogP contribution in [0.5, 0.6) is 0 Å². The van der Waals surface area contributed by atoms with E-state index in [1.807, 2.05) is 46.2 Å². The van der Waals surface area contributed by atoms with Crippen LogP contribution in [0.2, 0.25) is 5.02 Å². The van der Waals surface area contributed by atoms with E-state index in [0.717, 1.165) is 49.2 Å². The largest absolute Gasteiger partial charge is 0.337 e. The molecule has 7 heteroatoms. The second-order valence-corrected chi connectivity index (χ2v) is 10.7. The zero-order valence-electron chi connectivity index (χ0n) is 21.5. The lowest BCUT2D eigenvalue weighted by atomic mass is 10.1. The van der Waals surface area contributed by atoms with Crippen molar-refractivity contribution in [1.29, 1.82) is 0 Å². The molecule has 1 aliphatic carbocycles. The fourth-order valence-electron chi connectivity index (χ4n) is 5.03. The second kappa shape index (κ2) is 12.1. The number of hydrogen-bond acceptors (Lipinski definition) is 3. The van der Waals surface area contributed by atoms with E-state index in [1.165, 1.54) is 17.7 Å². The van der Waals surface area contributed by atoms with Gasteiger partial charge in [-0.3, -0.25) is 14.5 Å². The van der Waals surface area contributed by atoms with Crippen molar-refractivity contribution in [3.63, 3.8) is 0 Å². The third-order valence-corrected chi connectivity index (χ3v) is 7.54. The molecule has 3 aromatic carbocycles. The Morgan fingerprint density at radius 1 is 0.868 bits per heavy atom. The first-order chi connectivity index (χ1) is 18.5. The van der Waals surface area contributed by atoms with Gasteiger partial charge < -0.3 is 9.80 Å². The van der Waals surface area contributed by atoms with E-state index in [1.54, 1.807) is 12.1 Å². The van der Waals surface area contributed by atoms with E-state index >= 15 is 0 Å². The second-order valence-electron chi connectivity index (χ2n) is 10.3. The third kappa shape index (κ3) is 6.80. The summed E-state index contributed by atoms with van der Waals surface area (Å²) < 4.78 is 13.4. The first kappa shape index (κ1) is 26.4. The molecule has 0 aromatic heterocycles. The van der Waals surface area contributed by atoms with Crippen LogP contribution < -0.4 is 4.90 Å². The van der Waals surface area contributed by atoms with Gasteiger partial charge in [-0.05, 0) is 60.2 Å². The Balaban J connectivity index is 1.45. The Morgan fingerprint density at radius 2 is 1.63 bits per heavy atom. The summed E-state index contributed by atoms with van der Waals surface area (Å²) in [5.41, 5.74) is 3.69. The Labute approximate surface area is 228 Å². The number of carbonyl (C=O) groups excluding carboxylic acids is 2. The van der Waals surface area contributed by atoms with Crippen molar-refractivity contribution in [1.82, 2.24) is 9.80 Å².